The van der Waals surface area contributed by atoms with E-state index in [4.69, 9.17) is 18.9 Å². The fourth-order valence-electron chi connectivity index (χ4n) is 10.0. The molecule has 0 saturated heterocycles. The van der Waals surface area contributed by atoms with Crippen molar-refractivity contribution in [2.24, 2.45) is 0 Å². The Hall–Kier alpha value is -2.75. The van der Waals surface area contributed by atoms with Crippen LogP contribution in [-0.2, 0) is 33.3 Å². The molecule has 9 nitrogen and oxygen atoms in total. The van der Waals surface area contributed by atoms with E-state index < -0.39 is 24.3 Å². The van der Waals surface area contributed by atoms with Crippen molar-refractivity contribution in [1.82, 2.24) is 0 Å². The third kappa shape index (κ3) is 62.8. The molecule has 0 fully saturated rings. The molecular formula is C71H132NO8+. The Bertz CT molecular complexity index is 1450. The zero-order chi connectivity index (χ0) is 58.3. The molecule has 0 aliphatic rings. The Morgan fingerprint density at radius 3 is 1.02 bits per heavy atom. The van der Waals surface area contributed by atoms with Crippen LogP contribution < -0.4 is 0 Å². The van der Waals surface area contributed by atoms with Gasteiger partial charge in [0.15, 0.2) is 6.10 Å². The first-order valence-electron chi connectivity index (χ1n) is 34.3. The first-order valence-corrected chi connectivity index (χ1v) is 34.3. The van der Waals surface area contributed by atoms with Crippen molar-refractivity contribution in [3.05, 3.63) is 48.6 Å². The van der Waals surface area contributed by atoms with Gasteiger partial charge in [-0.05, 0) is 70.6 Å². The van der Waals surface area contributed by atoms with Gasteiger partial charge < -0.3 is 28.5 Å². The van der Waals surface area contributed by atoms with Gasteiger partial charge in [0.05, 0.1) is 34.4 Å². The summed E-state index contributed by atoms with van der Waals surface area (Å²) in [4.78, 5) is 37.4. The minimum absolute atomic E-state index is 0.186. The number of esters is 2. The lowest BCUT2D eigenvalue weighted by molar-refractivity contribution is -0.870. The van der Waals surface area contributed by atoms with Crippen molar-refractivity contribution in [2.75, 3.05) is 47.5 Å². The van der Waals surface area contributed by atoms with Crippen LogP contribution in [0.15, 0.2) is 48.6 Å². The number of hydrogen-bond donors (Lipinski definition) is 1. The molecule has 0 saturated carbocycles. The van der Waals surface area contributed by atoms with Crippen LogP contribution in [0.1, 0.15) is 328 Å². The van der Waals surface area contributed by atoms with Gasteiger partial charge in [0.25, 0.3) is 6.29 Å². The van der Waals surface area contributed by atoms with Gasteiger partial charge in [-0.2, -0.15) is 0 Å². The van der Waals surface area contributed by atoms with Crippen molar-refractivity contribution in [2.45, 2.75) is 341 Å². The summed E-state index contributed by atoms with van der Waals surface area (Å²) in [5.41, 5.74) is 0. The number of carboxylic acids is 1. The minimum Gasteiger partial charge on any atom is -0.477 e. The van der Waals surface area contributed by atoms with Crippen LogP contribution in [0, 0.1) is 0 Å². The van der Waals surface area contributed by atoms with Crippen LogP contribution in [0.5, 0.6) is 0 Å². The van der Waals surface area contributed by atoms with E-state index in [0.717, 1.165) is 70.6 Å². The average molecular weight is 1130 g/mol. The molecule has 0 spiro atoms. The van der Waals surface area contributed by atoms with Crippen LogP contribution in [0.4, 0.5) is 0 Å². The lowest BCUT2D eigenvalue weighted by Gasteiger charge is -2.25. The fraction of sp³-hybridized carbons (Fsp3) is 0.845. The van der Waals surface area contributed by atoms with Gasteiger partial charge in [-0.15, -0.1) is 0 Å². The van der Waals surface area contributed by atoms with Crippen molar-refractivity contribution >= 4 is 17.9 Å². The van der Waals surface area contributed by atoms with E-state index in [2.05, 4.69) is 62.5 Å². The number of likely N-dealkylation sites (N-methyl/N-ethyl adjacent to an activating group) is 1. The van der Waals surface area contributed by atoms with Gasteiger partial charge in [-0.3, -0.25) is 9.59 Å². The van der Waals surface area contributed by atoms with Gasteiger partial charge >= 0.3 is 17.9 Å². The number of aliphatic carboxylic acids is 1. The minimum atomic E-state index is -1.51. The Morgan fingerprint density at radius 1 is 0.375 bits per heavy atom. The van der Waals surface area contributed by atoms with Gasteiger partial charge in [0.1, 0.15) is 13.2 Å². The summed E-state index contributed by atoms with van der Waals surface area (Å²) in [6, 6.07) is 0. The average Bonchev–Trinajstić information content (AvgIpc) is 3.43. The van der Waals surface area contributed by atoms with Gasteiger partial charge in [0, 0.05) is 12.8 Å². The number of quaternary nitrogens is 1. The molecule has 0 heterocycles. The number of rotatable bonds is 64. The second-order valence-electron chi connectivity index (χ2n) is 24.5. The molecule has 1 N–H and O–H groups in total. The van der Waals surface area contributed by atoms with E-state index >= 15 is 0 Å². The maximum atomic E-state index is 12.9. The summed E-state index contributed by atoms with van der Waals surface area (Å²) in [5, 5.41) is 9.71. The number of unbranched alkanes of at least 4 members (excludes halogenated alkanes) is 41. The lowest BCUT2D eigenvalue weighted by atomic mass is 10.0. The van der Waals surface area contributed by atoms with Crippen LogP contribution in [0.25, 0.3) is 0 Å². The van der Waals surface area contributed by atoms with E-state index in [-0.39, 0.29) is 38.6 Å². The molecule has 2 atom stereocenters. The van der Waals surface area contributed by atoms with Crippen molar-refractivity contribution in [3.8, 4) is 0 Å². The Labute approximate surface area is 495 Å². The predicted molar refractivity (Wildman–Crippen MR) is 341 cm³/mol. The van der Waals surface area contributed by atoms with E-state index in [0.29, 0.717) is 11.0 Å². The molecule has 0 bridgehead atoms. The van der Waals surface area contributed by atoms with E-state index in [1.165, 1.54) is 231 Å². The molecule has 0 radical (unpaired) electrons. The summed E-state index contributed by atoms with van der Waals surface area (Å²) in [6.07, 6.45) is 76.8. The summed E-state index contributed by atoms with van der Waals surface area (Å²) < 4.78 is 22.9. The van der Waals surface area contributed by atoms with Gasteiger partial charge in [-0.1, -0.05) is 294 Å². The number of nitrogens with zero attached hydrogens (tertiary/aromatic N) is 1. The molecule has 0 aliphatic heterocycles. The number of carbonyl (C=O) groups is 3. The third-order valence-corrected chi connectivity index (χ3v) is 15.3. The maximum absolute atomic E-state index is 12.9. The number of carboxylic acid groups (broad SMARTS) is 1. The summed E-state index contributed by atoms with van der Waals surface area (Å²) in [7, 11) is 5.97. The quantitative estimate of drug-likeness (QED) is 0.0211. The SMILES string of the molecule is CCCC/C=C\C/C=C\CCCCCCCC(=O)OCC(COC(OCC[N+](C)(C)C)C(=O)O)OC(=O)CCCCCCCCCCCCCCCCCCCCCCCCCCCCCCC/C=C\C/C=C\CCCCCCC. The smallest absolute Gasteiger partial charge is 0.361 e. The second kappa shape index (κ2) is 62.3. The van der Waals surface area contributed by atoms with E-state index in [9.17, 15) is 19.5 Å². The zero-order valence-corrected chi connectivity index (χ0v) is 53.5. The number of carbonyl (C=O) groups excluding carboxylic acids is 2. The third-order valence-electron chi connectivity index (χ3n) is 15.3. The van der Waals surface area contributed by atoms with Gasteiger partial charge in [-0.25, -0.2) is 4.79 Å². The molecule has 9 heteroatoms. The highest BCUT2D eigenvalue weighted by atomic mass is 16.7. The highest BCUT2D eigenvalue weighted by molar-refractivity contribution is 5.71. The Kier molecular flexibility index (Phi) is 60.2. The van der Waals surface area contributed by atoms with E-state index in [1.54, 1.807) is 0 Å². The maximum Gasteiger partial charge on any atom is 0.361 e. The largest absolute Gasteiger partial charge is 0.477 e. The molecule has 80 heavy (non-hydrogen) atoms. The molecule has 0 aromatic rings. The number of ether oxygens (including phenoxy) is 4. The monoisotopic (exact) mass is 1130 g/mol. The van der Waals surface area contributed by atoms with Gasteiger partial charge in [0.2, 0.25) is 0 Å². The lowest BCUT2D eigenvalue weighted by Crippen LogP contribution is -2.40. The standard InChI is InChI=1S/C71H131NO8/c1-6-8-10-12-14-16-18-20-22-23-24-25-26-27-28-29-30-31-32-33-34-35-36-37-38-39-40-41-42-43-44-45-46-47-48-50-52-54-56-58-60-62-69(74)80-67(66-79-71(70(75)76)77-64-63-72(3,4)5)65-78-68(73)61-59-57-55-53-51-49-21-19-17-15-13-11-9-7-2/h13,15,18-21,23-24,67,71H,6-12,14,16-17,22,25-66H2,1-5H3/p+1/b15-13-,20-18-,21-19-,24-23-. The molecule has 2 unspecified atom stereocenters. The highest BCUT2D eigenvalue weighted by Crippen LogP contribution is 2.18. The normalized spacial score (nSPS) is 13.0. The number of hydrogen-bond acceptors (Lipinski definition) is 7. The molecule has 0 aromatic heterocycles. The van der Waals surface area contributed by atoms with Crippen LogP contribution >= 0.6 is 0 Å². The number of allylic oxidation sites excluding steroid dienone is 8. The van der Waals surface area contributed by atoms with Crippen LogP contribution in [0.3, 0.4) is 0 Å². The fourth-order valence-corrected chi connectivity index (χ4v) is 10.0. The first-order chi connectivity index (χ1) is 39.1. The zero-order valence-electron chi connectivity index (χ0n) is 53.5. The summed E-state index contributed by atoms with van der Waals surface area (Å²) in [5.74, 6) is -2.01. The van der Waals surface area contributed by atoms with E-state index in [1.807, 2.05) is 21.1 Å². The molecular weight excluding hydrogens is 995 g/mol. The van der Waals surface area contributed by atoms with Crippen LogP contribution in [0.2, 0.25) is 0 Å². The highest BCUT2D eigenvalue weighted by Gasteiger charge is 2.25. The summed E-state index contributed by atoms with van der Waals surface area (Å²) in [6.45, 7) is 4.84. The van der Waals surface area contributed by atoms with Crippen LogP contribution in [-0.4, -0.2) is 87.4 Å². The van der Waals surface area contributed by atoms with Crippen molar-refractivity contribution in [1.29, 1.82) is 0 Å². The molecule has 0 aliphatic carbocycles. The second-order valence-corrected chi connectivity index (χ2v) is 24.5. The van der Waals surface area contributed by atoms with Crippen molar-refractivity contribution < 1.29 is 42.9 Å². The molecule has 0 amide bonds. The molecule has 468 valence electrons. The first kappa shape index (κ1) is 77.2. The summed E-state index contributed by atoms with van der Waals surface area (Å²) >= 11 is 0. The molecule has 0 rings (SSSR count). The molecule has 0 aromatic carbocycles. The Balaban J connectivity index is 3.89. The Morgan fingerprint density at radius 2 is 0.688 bits per heavy atom. The topological polar surface area (TPSA) is 108 Å². The predicted octanol–water partition coefficient (Wildman–Crippen LogP) is 21.0. The van der Waals surface area contributed by atoms with Crippen molar-refractivity contribution in [3.63, 3.8) is 0 Å².